The van der Waals surface area contributed by atoms with Crippen molar-refractivity contribution in [2.24, 2.45) is 5.41 Å². The van der Waals surface area contributed by atoms with E-state index in [-0.39, 0.29) is 12.0 Å². The largest absolute Gasteiger partial charge is 0.461 e. The third-order valence-corrected chi connectivity index (χ3v) is 9.19. The summed E-state index contributed by atoms with van der Waals surface area (Å²) < 4.78 is 34.9. The summed E-state index contributed by atoms with van der Waals surface area (Å²) in [7, 11) is -3.70. The van der Waals surface area contributed by atoms with Crippen LogP contribution in [0, 0.1) is 5.41 Å². The van der Waals surface area contributed by atoms with Crippen molar-refractivity contribution in [3.63, 3.8) is 0 Å². The number of hydrogen-bond donors (Lipinski definition) is 3. The standard InChI is InChI=1S/C26H32N6O5S/c33-14-15-38(35,36)30-18-4-5-20(21(16-18)31-11-8-26(6-7-26)9-12-31)24(34)28-22-17-23-27-10-13-32(23)25(29-22)37-19-2-1-3-19/h4-5,10,13,16-17,19,30,33H,1-3,6-9,11-12,14-15H2,(H,28,34). The number of ether oxygens (including phenoxy) is 1. The van der Waals surface area contributed by atoms with Gasteiger partial charge in [0.05, 0.1) is 29.3 Å². The second-order valence-electron chi connectivity index (χ2n) is 10.6. The minimum atomic E-state index is -3.70. The highest BCUT2D eigenvalue weighted by molar-refractivity contribution is 7.92. The highest BCUT2D eigenvalue weighted by atomic mass is 32.2. The quantitative estimate of drug-likeness (QED) is 0.377. The van der Waals surface area contributed by atoms with Crippen molar-refractivity contribution in [2.45, 2.75) is 51.0 Å². The lowest BCUT2D eigenvalue weighted by molar-refractivity contribution is 0.102. The van der Waals surface area contributed by atoms with Crippen LogP contribution in [-0.2, 0) is 10.0 Å². The van der Waals surface area contributed by atoms with Gasteiger partial charge < -0.3 is 20.1 Å². The van der Waals surface area contributed by atoms with Gasteiger partial charge in [0, 0.05) is 31.5 Å². The van der Waals surface area contributed by atoms with Crippen molar-refractivity contribution in [3.05, 3.63) is 42.2 Å². The van der Waals surface area contributed by atoms with E-state index < -0.39 is 22.4 Å². The Kier molecular flexibility index (Phi) is 6.39. The first-order chi connectivity index (χ1) is 18.3. The Morgan fingerprint density at radius 3 is 2.63 bits per heavy atom. The van der Waals surface area contributed by atoms with Gasteiger partial charge in [0.15, 0.2) is 0 Å². The molecule has 202 valence electrons. The number of benzene rings is 1. The highest BCUT2D eigenvalue weighted by Crippen LogP contribution is 2.54. The van der Waals surface area contributed by atoms with Crippen LogP contribution in [0.5, 0.6) is 6.01 Å². The molecule has 1 saturated heterocycles. The molecule has 0 bridgehead atoms. The van der Waals surface area contributed by atoms with Crippen LogP contribution in [0.25, 0.3) is 5.65 Å². The number of hydrogen-bond acceptors (Lipinski definition) is 8. The fraction of sp³-hybridized carbons (Fsp3) is 0.500. The molecule has 0 atom stereocenters. The number of nitrogens with zero attached hydrogens (tertiary/aromatic N) is 4. The van der Waals surface area contributed by atoms with Crippen LogP contribution in [0.2, 0.25) is 0 Å². The number of carbonyl (C=O) groups excluding carboxylic acids is 1. The van der Waals surface area contributed by atoms with Gasteiger partial charge in [0.2, 0.25) is 10.0 Å². The van der Waals surface area contributed by atoms with Crippen LogP contribution in [-0.4, -0.2) is 65.4 Å². The number of carbonyl (C=O) groups is 1. The molecular formula is C26H32N6O5S. The fourth-order valence-corrected chi connectivity index (χ4v) is 5.99. The smallest absolute Gasteiger partial charge is 0.304 e. The van der Waals surface area contributed by atoms with Crippen LogP contribution in [0.15, 0.2) is 36.7 Å². The molecule has 1 spiro atoms. The lowest BCUT2D eigenvalue weighted by Gasteiger charge is -2.35. The second-order valence-corrected chi connectivity index (χ2v) is 12.4. The van der Waals surface area contributed by atoms with Crippen molar-refractivity contribution >= 4 is 38.8 Å². The number of fused-ring (bicyclic) bond motifs is 1. The average Bonchev–Trinajstić information content (AvgIpc) is 3.43. The van der Waals surface area contributed by atoms with Crippen molar-refractivity contribution in [1.29, 1.82) is 0 Å². The normalized spacial score (nSPS) is 18.8. The van der Waals surface area contributed by atoms with E-state index in [0.29, 0.717) is 39.8 Å². The Hall–Kier alpha value is -3.38. The summed E-state index contributed by atoms with van der Waals surface area (Å²) in [6.45, 7) is 1.12. The number of rotatable bonds is 9. The maximum atomic E-state index is 13.6. The molecule has 2 saturated carbocycles. The fourth-order valence-electron chi connectivity index (χ4n) is 5.16. The van der Waals surface area contributed by atoms with E-state index >= 15 is 0 Å². The Bertz CT molecular complexity index is 1450. The molecule has 2 aromatic heterocycles. The van der Waals surface area contributed by atoms with Crippen LogP contribution < -0.4 is 19.7 Å². The molecular weight excluding hydrogens is 508 g/mol. The van der Waals surface area contributed by atoms with Crippen LogP contribution in [0.3, 0.4) is 0 Å². The summed E-state index contributed by atoms with van der Waals surface area (Å²) in [4.78, 5) is 24.6. The number of amides is 1. The first-order valence-corrected chi connectivity index (χ1v) is 14.8. The summed E-state index contributed by atoms with van der Waals surface area (Å²) in [5.41, 5.74) is 2.50. The average molecular weight is 541 g/mol. The number of aliphatic hydroxyl groups is 1. The number of aromatic nitrogens is 3. The van der Waals surface area contributed by atoms with Crippen LogP contribution >= 0.6 is 0 Å². The lowest BCUT2D eigenvalue weighted by Crippen LogP contribution is -2.35. The molecule has 3 aliphatic rings. The molecule has 1 amide bonds. The third kappa shape index (κ3) is 5.14. The van der Waals surface area contributed by atoms with E-state index in [2.05, 4.69) is 24.9 Å². The minimum absolute atomic E-state index is 0.113. The van der Waals surface area contributed by atoms with Crippen molar-refractivity contribution < 1.29 is 23.1 Å². The predicted octanol–water partition coefficient (Wildman–Crippen LogP) is 3.03. The zero-order chi connectivity index (χ0) is 26.3. The summed E-state index contributed by atoms with van der Waals surface area (Å²) in [5.74, 6) is -0.420. The van der Waals surface area contributed by atoms with E-state index in [0.717, 1.165) is 45.2 Å². The van der Waals surface area contributed by atoms with Gasteiger partial charge in [-0.2, -0.15) is 4.98 Å². The van der Waals surface area contributed by atoms with E-state index in [1.807, 2.05) is 0 Å². The molecule has 6 rings (SSSR count). The Morgan fingerprint density at radius 1 is 1.16 bits per heavy atom. The summed E-state index contributed by atoms with van der Waals surface area (Å²) in [5, 5.41) is 12.0. The van der Waals surface area contributed by atoms with Gasteiger partial charge in [0.25, 0.3) is 5.91 Å². The maximum Gasteiger partial charge on any atom is 0.304 e. The molecule has 3 heterocycles. The first kappa shape index (κ1) is 24.9. The topological polar surface area (TPSA) is 138 Å². The number of aliphatic hydroxyl groups excluding tert-OH is 1. The number of piperidine rings is 1. The van der Waals surface area contributed by atoms with Crippen LogP contribution in [0.4, 0.5) is 17.2 Å². The molecule has 3 fully saturated rings. The summed E-state index contributed by atoms with van der Waals surface area (Å²) in [6, 6.07) is 6.98. The Morgan fingerprint density at radius 2 is 1.95 bits per heavy atom. The number of imidazole rings is 1. The number of anilines is 3. The van der Waals surface area contributed by atoms with E-state index in [1.165, 1.54) is 12.8 Å². The van der Waals surface area contributed by atoms with Gasteiger partial charge in [-0.1, -0.05) is 0 Å². The molecule has 38 heavy (non-hydrogen) atoms. The maximum absolute atomic E-state index is 13.6. The Balaban J connectivity index is 1.28. The van der Waals surface area contributed by atoms with Crippen molar-refractivity contribution in [1.82, 2.24) is 14.4 Å². The van der Waals surface area contributed by atoms with E-state index in [9.17, 15) is 13.2 Å². The Labute approximate surface area is 221 Å². The third-order valence-electron chi connectivity index (χ3n) is 7.92. The summed E-state index contributed by atoms with van der Waals surface area (Å²) in [6.07, 6.45) is 11.2. The van der Waals surface area contributed by atoms with Crippen molar-refractivity contribution in [2.75, 3.05) is 40.4 Å². The molecule has 0 radical (unpaired) electrons. The monoisotopic (exact) mass is 540 g/mol. The molecule has 1 aromatic carbocycles. The molecule has 12 heteroatoms. The SMILES string of the molecule is O=C(Nc1cc2nccn2c(OC2CCC2)n1)c1ccc(NS(=O)(=O)CCO)cc1N1CCC2(CC1)CC2. The molecule has 3 aromatic rings. The van der Waals surface area contributed by atoms with Gasteiger partial charge in [-0.15, -0.1) is 0 Å². The predicted molar refractivity (Wildman–Crippen MR) is 143 cm³/mol. The molecule has 11 nitrogen and oxygen atoms in total. The zero-order valence-corrected chi connectivity index (χ0v) is 21.9. The van der Waals surface area contributed by atoms with Gasteiger partial charge in [-0.25, -0.2) is 13.4 Å². The lowest BCUT2D eigenvalue weighted by atomic mass is 9.93. The van der Waals surface area contributed by atoms with E-state index in [1.54, 1.807) is 41.1 Å². The summed E-state index contributed by atoms with van der Waals surface area (Å²) >= 11 is 0. The molecule has 0 unspecified atom stereocenters. The first-order valence-electron chi connectivity index (χ1n) is 13.2. The highest BCUT2D eigenvalue weighted by Gasteiger charge is 2.44. The molecule has 2 aliphatic carbocycles. The minimum Gasteiger partial charge on any atom is -0.461 e. The zero-order valence-electron chi connectivity index (χ0n) is 21.1. The van der Waals surface area contributed by atoms with Gasteiger partial charge in [-0.05, 0) is 68.6 Å². The van der Waals surface area contributed by atoms with Gasteiger partial charge >= 0.3 is 6.01 Å². The number of nitrogens with one attached hydrogen (secondary N) is 2. The second kappa shape index (κ2) is 9.73. The van der Waals surface area contributed by atoms with E-state index in [4.69, 9.17) is 9.84 Å². The van der Waals surface area contributed by atoms with Crippen LogP contribution in [0.1, 0.15) is 55.3 Å². The van der Waals surface area contributed by atoms with Gasteiger partial charge in [0.1, 0.15) is 17.6 Å². The molecule has 3 N–H and O–H groups in total. The number of sulfonamides is 1. The van der Waals surface area contributed by atoms with Crippen molar-refractivity contribution in [3.8, 4) is 6.01 Å². The van der Waals surface area contributed by atoms with Gasteiger partial charge in [-0.3, -0.25) is 13.9 Å². The molecule has 1 aliphatic heterocycles.